The molecule has 0 saturated heterocycles. The lowest BCUT2D eigenvalue weighted by molar-refractivity contribution is 0.0589. The Morgan fingerprint density at radius 2 is 1.76 bits per heavy atom. The molecule has 0 N–H and O–H groups in total. The molecule has 1 heterocycles. The van der Waals surface area contributed by atoms with Gasteiger partial charge in [0.25, 0.3) is 0 Å². The molecule has 0 saturated carbocycles. The molecule has 0 bridgehead atoms. The van der Waals surface area contributed by atoms with E-state index in [4.69, 9.17) is 39.5 Å². The van der Waals surface area contributed by atoms with Gasteiger partial charge in [0.2, 0.25) is 0 Å². The topological polar surface area (TPSA) is 29.5 Å². The quantitative estimate of drug-likeness (QED) is 0.723. The molecule has 7 heteroatoms. The van der Waals surface area contributed by atoms with Crippen LogP contribution in [0.15, 0.2) is 0 Å². The summed E-state index contributed by atoms with van der Waals surface area (Å²) in [4.78, 5) is 13.1. The molecule has 0 radical (unpaired) electrons. The van der Waals surface area contributed by atoms with Gasteiger partial charge in [0, 0.05) is 7.05 Å². The summed E-state index contributed by atoms with van der Waals surface area (Å²) in [6, 6.07) is 0. The molecule has 0 aliphatic heterocycles. The smallest absolute Gasteiger partial charge is 0.414 e. The van der Waals surface area contributed by atoms with E-state index < -0.39 is 11.7 Å². The van der Waals surface area contributed by atoms with Crippen molar-refractivity contribution in [3.63, 3.8) is 0 Å². The SMILES string of the molecule is CN(C(=O)OC(C)(C)C)c1c(Cl)sc(Cl)c1Cl. The highest BCUT2D eigenvalue weighted by atomic mass is 35.5. The highest BCUT2D eigenvalue weighted by Crippen LogP contribution is 2.45. The third-order valence-electron chi connectivity index (χ3n) is 1.75. The van der Waals surface area contributed by atoms with Gasteiger partial charge in [-0.1, -0.05) is 34.8 Å². The summed E-state index contributed by atoms with van der Waals surface area (Å²) >= 11 is 18.9. The highest BCUT2D eigenvalue weighted by molar-refractivity contribution is 7.21. The van der Waals surface area contributed by atoms with Gasteiger partial charge in [0.05, 0.1) is 10.7 Å². The second-order valence-electron chi connectivity index (χ2n) is 4.35. The fraction of sp³-hybridized carbons (Fsp3) is 0.500. The Morgan fingerprint density at radius 3 is 2.12 bits per heavy atom. The Hall–Kier alpha value is -0.160. The average molecular weight is 317 g/mol. The molecule has 3 nitrogen and oxygen atoms in total. The van der Waals surface area contributed by atoms with Crippen LogP contribution in [-0.4, -0.2) is 18.7 Å². The normalized spacial score (nSPS) is 11.5. The van der Waals surface area contributed by atoms with Crippen molar-refractivity contribution < 1.29 is 9.53 Å². The summed E-state index contributed by atoms with van der Waals surface area (Å²) < 4.78 is 5.91. The van der Waals surface area contributed by atoms with Gasteiger partial charge in [-0.15, -0.1) is 11.3 Å². The molecular weight excluding hydrogens is 305 g/mol. The fourth-order valence-corrected chi connectivity index (χ4v) is 3.06. The Morgan fingerprint density at radius 1 is 1.24 bits per heavy atom. The molecule has 0 unspecified atom stereocenters. The molecule has 1 aromatic rings. The van der Waals surface area contributed by atoms with Gasteiger partial charge in [-0.2, -0.15) is 0 Å². The van der Waals surface area contributed by atoms with Crippen molar-refractivity contribution in [3.8, 4) is 0 Å². The zero-order valence-electron chi connectivity index (χ0n) is 9.81. The van der Waals surface area contributed by atoms with Gasteiger partial charge in [-0.25, -0.2) is 4.79 Å². The van der Waals surface area contributed by atoms with E-state index in [1.54, 1.807) is 20.8 Å². The van der Waals surface area contributed by atoms with Crippen LogP contribution in [0.25, 0.3) is 0 Å². The molecule has 0 spiro atoms. The fourth-order valence-electron chi connectivity index (χ4n) is 1.05. The molecule has 0 fully saturated rings. The van der Waals surface area contributed by atoms with E-state index in [9.17, 15) is 4.79 Å². The van der Waals surface area contributed by atoms with E-state index in [0.717, 1.165) is 11.3 Å². The molecule has 0 aliphatic carbocycles. The first kappa shape index (κ1) is 14.9. The van der Waals surface area contributed by atoms with E-state index >= 15 is 0 Å². The van der Waals surface area contributed by atoms with Crippen LogP contribution in [-0.2, 0) is 4.74 Å². The lowest BCUT2D eigenvalue weighted by Gasteiger charge is -2.24. The minimum Gasteiger partial charge on any atom is -0.443 e. The Bertz CT molecular complexity index is 439. The Balaban J connectivity index is 2.97. The Labute approximate surface area is 119 Å². The molecule has 17 heavy (non-hydrogen) atoms. The number of rotatable bonds is 1. The minimum absolute atomic E-state index is 0.259. The number of anilines is 1. The van der Waals surface area contributed by atoms with Gasteiger partial charge >= 0.3 is 6.09 Å². The van der Waals surface area contributed by atoms with Crippen molar-refractivity contribution in [2.24, 2.45) is 0 Å². The maximum atomic E-state index is 11.8. The van der Waals surface area contributed by atoms with Crippen LogP contribution in [0.5, 0.6) is 0 Å². The third-order valence-corrected chi connectivity index (χ3v) is 3.91. The zero-order chi connectivity index (χ0) is 13.4. The highest BCUT2D eigenvalue weighted by Gasteiger charge is 2.26. The molecule has 96 valence electrons. The van der Waals surface area contributed by atoms with Gasteiger partial charge in [-0.3, -0.25) is 4.90 Å². The minimum atomic E-state index is -0.579. The summed E-state index contributed by atoms with van der Waals surface area (Å²) in [5, 5.41) is 0.259. The Kier molecular flexibility index (Phi) is 4.58. The van der Waals surface area contributed by atoms with Gasteiger partial charge in [0.15, 0.2) is 0 Å². The lowest BCUT2D eigenvalue weighted by Crippen LogP contribution is -2.34. The predicted octanol–water partition coefficient (Wildman–Crippen LogP) is 5.08. The predicted molar refractivity (Wildman–Crippen MR) is 74.0 cm³/mol. The van der Waals surface area contributed by atoms with Crippen molar-refractivity contribution >= 4 is 57.9 Å². The standard InChI is InChI=1S/C10H12Cl3NO2S/c1-10(2,3)16-9(15)14(4)6-5(11)7(12)17-8(6)13/h1-4H3. The maximum Gasteiger partial charge on any atom is 0.414 e. The number of halogens is 3. The summed E-state index contributed by atoms with van der Waals surface area (Å²) in [7, 11) is 1.53. The van der Waals surface area contributed by atoms with Crippen molar-refractivity contribution in [1.82, 2.24) is 0 Å². The first-order chi connectivity index (χ1) is 7.63. The third kappa shape index (κ3) is 3.65. The molecule has 0 atom stereocenters. The summed E-state index contributed by atoms with van der Waals surface area (Å²) in [6.07, 6.45) is -0.532. The molecule has 1 rings (SSSR count). The van der Waals surface area contributed by atoms with E-state index in [1.165, 1.54) is 11.9 Å². The monoisotopic (exact) mass is 315 g/mol. The van der Waals surface area contributed by atoms with Crippen LogP contribution in [0.3, 0.4) is 0 Å². The van der Waals surface area contributed by atoms with Crippen LogP contribution in [0.1, 0.15) is 20.8 Å². The van der Waals surface area contributed by atoms with E-state index in [-0.39, 0.29) is 5.02 Å². The number of hydrogen-bond acceptors (Lipinski definition) is 3. The summed E-state index contributed by atoms with van der Waals surface area (Å²) in [6.45, 7) is 5.34. The number of nitrogens with zero attached hydrogens (tertiary/aromatic N) is 1. The maximum absolute atomic E-state index is 11.8. The van der Waals surface area contributed by atoms with Crippen molar-refractivity contribution in [1.29, 1.82) is 0 Å². The average Bonchev–Trinajstić information content (AvgIpc) is 2.37. The van der Waals surface area contributed by atoms with Crippen LogP contribution >= 0.6 is 46.1 Å². The summed E-state index contributed by atoms with van der Waals surface area (Å²) in [5.41, 5.74) is -0.206. The van der Waals surface area contributed by atoms with E-state index in [0.29, 0.717) is 14.4 Å². The number of amides is 1. The summed E-state index contributed by atoms with van der Waals surface area (Å²) in [5.74, 6) is 0. The van der Waals surface area contributed by atoms with Gasteiger partial charge in [-0.05, 0) is 20.8 Å². The molecule has 1 aromatic heterocycles. The van der Waals surface area contributed by atoms with Gasteiger partial charge < -0.3 is 4.74 Å². The van der Waals surface area contributed by atoms with Crippen molar-refractivity contribution in [2.75, 3.05) is 11.9 Å². The van der Waals surface area contributed by atoms with Crippen molar-refractivity contribution in [2.45, 2.75) is 26.4 Å². The number of thiophene rings is 1. The molecule has 0 aromatic carbocycles. The number of carbonyl (C=O) groups is 1. The molecule has 0 aliphatic rings. The van der Waals surface area contributed by atoms with Crippen LogP contribution in [0.2, 0.25) is 13.7 Å². The van der Waals surface area contributed by atoms with Crippen LogP contribution in [0, 0.1) is 0 Å². The first-order valence-electron chi connectivity index (χ1n) is 4.73. The molecule has 1 amide bonds. The first-order valence-corrected chi connectivity index (χ1v) is 6.68. The second-order valence-corrected chi connectivity index (χ2v) is 6.95. The number of ether oxygens (including phenoxy) is 1. The zero-order valence-corrected chi connectivity index (χ0v) is 12.9. The van der Waals surface area contributed by atoms with Gasteiger partial charge in [0.1, 0.15) is 14.3 Å². The van der Waals surface area contributed by atoms with E-state index in [1.807, 2.05) is 0 Å². The lowest BCUT2D eigenvalue weighted by atomic mass is 10.2. The number of hydrogen-bond donors (Lipinski definition) is 0. The second kappa shape index (κ2) is 5.22. The van der Waals surface area contributed by atoms with Crippen LogP contribution < -0.4 is 4.90 Å². The van der Waals surface area contributed by atoms with Crippen LogP contribution in [0.4, 0.5) is 10.5 Å². The molecular formula is C10H12Cl3NO2S. The van der Waals surface area contributed by atoms with Crippen molar-refractivity contribution in [3.05, 3.63) is 13.7 Å². The van der Waals surface area contributed by atoms with E-state index in [2.05, 4.69) is 0 Å². The largest absolute Gasteiger partial charge is 0.443 e. The number of carbonyl (C=O) groups excluding carboxylic acids is 1.